The summed E-state index contributed by atoms with van der Waals surface area (Å²) < 4.78 is 1.15. The molecule has 2 bridgehead atoms. The van der Waals surface area contributed by atoms with Gasteiger partial charge in [-0.15, -0.1) is 0 Å². The highest BCUT2D eigenvalue weighted by molar-refractivity contribution is 9.10. The molecule has 2 aliphatic rings. The van der Waals surface area contributed by atoms with Gasteiger partial charge >= 0.3 is 0 Å². The lowest BCUT2D eigenvalue weighted by molar-refractivity contribution is 0.203. The van der Waals surface area contributed by atoms with Crippen molar-refractivity contribution >= 4 is 21.5 Å². The lowest BCUT2D eigenvalue weighted by Gasteiger charge is -2.34. The van der Waals surface area contributed by atoms with Crippen LogP contribution < -0.4 is 0 Å². The normalized spacial score (nSPS) is 24.3. The number of hydrogen-bond acceptors (Lipinski definition) is 1. The van der Waals surface area contributed by atoms with Crippen LogP contribution in [0.25, 0.3) is 5.57 Å². The summed E-state index contributed by atoms with van der Waals surface area (Å²) in [6, 6.07) is 21.0. The molecule has 2 aliphatic heterocycles. The molecule has 22 heavy (non-hydrogen) atoms. The summed E-state index contributed by atoms with van der Waals surface area (Å²) >= 11 is 3.52. The highest BCUT2D eigenvalue weighted by Crippen LogP contribution is 2.39. The summed E-state index contributed by atoms with van der Waals surface area (Å²) in [6.45, 7) is 1.08. The average molecular weight is 354 g/mol. The predicted molar refractivity (Wildman–Crippen MR) is 95.5 cm³/mol. The molecule has 2 heterocycles. The Morgan fingerprint density at radius 1 is 0.955 bits per heavy atom. The molecule has 112 valence electrons. The van der Waals surface area contributed by atoms with Gasteiger partial charge in [-0.3, -0.25) is 4.90 Å². The molecular formula is C20H20BrN. The zero-order valence-electron chi connectivity index (χ0n) is 12.6. The number of hydrogen-bond donors (Lipinski definition) is 0. The summed E-state index contributed by atoms with van der Waals surface area (Å²) in [5.74, 6) is 0. The van der Waals surface area contributed by atoms with Gasteiger partial charge < -0.3 is 0 Å². The first-order valence-electron chi connectivity index (χ1n) is 8.06. The molecule has 0 radical (unpaired) electrons. The molecule has 4 rings (SSSR count). The monoisotopic (exact) mass is 353 g/mol. The summed E-state index contributed by atoms with van der Waals surface area (Å²) in [7, 11) is 0. The zero-order chi connectivity index (χ0) is 14.9. The van der Waals surface area contributed by atoms with Crippen molar-refractivity contribution < 1.29 is 0 Å². The Bertz CT molecular complexity index is 675. The number of halogens is 1. The van der Waals surface area contributed by atoms with Crippen molar-refractivity contribution in [1.29, 1.82) is 0 Å². The van der Waals surface area contributed by atoms with E-state index in [0.29, 0.717) is 12.1 Å². The Labute approximate surface area is 140 Å². The molecule has 2 unspecified atom stereocenters. The molecule has 1 nitrogen and oxygen atoms in total. The van der Waals surface area contributed by atoms with Gasteiger partial charge in [0.05, 0.1) is 0 Å². The maximum absolute atomic E-state index is 3.52. The van der Waals surface area contributed by atoms with Crippen molar-refractivity contribution in [1.82, 2.24) is 4.90 Å². The molecule has 0 aliphatic carbocycles. The van der Waals surface area contributed by atoms with E-state index in [9.17, 15) is 0 Å². The van der Waals surface area contributed by atoms with Crippen LogP contribution in [0.1, 0.15) is 30.4 Å². The second kappa shape index (κ2) is 6.02. The molecule has 0 saturated carbocycles. The molecule has 2 heteroatoms. The van der Waals surface area contributed by atoms with Gasteiger partial charge in [0.1, 0.15) is 0 Å². The van der Waals surface area contributed by atoms with E-state index in [1.54, 1.807) is 0 Å². The Morgan fingerprint density at radius 2 is 1.73 bits per heavy atom. The van der Waals surface area contributed by atoms with Gasteiger partial charge in [-0.25, -0.2) is 0 Å². The van der Waals surface area contributed by atoms with E-state index < -0.39 is 0 Å². The standard InChI is InChI=1S/C20H20BrN/c21-18-8-6-16(7-9-18)17-12-19-10-11-20(13-17)22(19)14-15-4-2-1-3-5-15/h1-9,12,19-20H,10-11,13-14H2. The molecule has 2 aromatic carbocycles. The second-order valence-corrected chi connectivity index (χ2v) is 7.28. The third kappa shape index (κ3) is 2.78. The van der Waals surface area contributed by atoms with Crippen LogP contribution in [0.5, 0.6) is 0 Å². The lowest BCUT2D eigenvalue weighted by atomic mass is 9.94. The zero-order valence-corrected chi connectivity index (χ0v) is 14.2. The summed E-state index contributed by atoms with van der Waals surface area (Å²) in [4.78, 5) is 2.69. The van der Waals surface area contributed by atoms with Crippen LogP contribution >= 0.6 is 15.9 Å². The van der Waals surface area contributed by atoms with E-state index >= 15 is 0 Å². The first-order valence-corrected chi connectivity index (χ1v) is 8.85. The molecule has 1 saturated heterocycles. The maximum atomic E-state index is 3.52. The SMILES string of the molecule is Brc1ccc(C2=CC3CCC(C2)N3Cc2ccccc2)cc1. The van der Waals surface area contributed by atoms with Crippen LogP contribution in [-0.2, 0) is 6.54 Å². The molecule has 0 amide bonds. The summed E-state index contributed by atoms with van der Waals surface area (Å²) in [5, 5.41) is 0. The minimum absolute atomic E-state index is 0.609. The average Bonchev–Trinajstić information content (AvgIpc) is 2.79. The smallest absolute Gasteiger partial charge is 0.0291 e. The molecule has 0 N–H and O–H groups in total. The van der Waals surface area contributed by atoms with Crippen molar-refractivity contribution in [3.63, 3.8) is 0 Å². The van der Waals surface area contributed by atoms with Crippen LogP contribution in [0.2, 0.25) is 0 Å². The van der Waals surface area contributed by atoms with Crippen LogP contribution in [0.4, 0.5) is 0 Å². The summed E-state index contributed by atoms with van der Waals surface area (Å²) in [5.41, 5.74) is 4.35. The Hall–Kier alpha value is -1.38. The largest absolute Gasteiger partial charge is 0.289 e. The second-order valence-electron chi connectivity index (χ2n) is 6.36. The van der Waals surface area contributed by atoms with E-state index in [1.165, 1.54) is 36.0 Å². The Kier molecular flexibility index (Phi) is 3.89. The number of fused-ring (bicyclic) bond motifs is 2. The first kappa shape index (κ1) is 14.2. The lowest BCUT2D eigenvalue weighted by Crippen LogP contribution is -2.37. The minimum atomic E-state index is 0.609. The van der Waals surface area contributed by atoms with Crippen LogP contribution in [-0.4, -0.2) is 17.0 Å². The van der Waals surface area contributed by atoms with Crippen molar-refractivity contribution in [3.8, 4) is 0 Å². The van der Waals surface area contributed by atoms with Gasteiger partial charge in [-0.1, -0.05) is 64.5 Å². The van der Waals surface area contributed by atoms with Crippen molar-refractivity contribution in [3.05, 3.63) is 76.3 Å². The first-order chi connectivity index (χ1) is 10.8. The third-order valence-electron chi connectivity index (χ3n) is 4.96. The summed E-state index contributed by atoms with van der Waals surface area (Å²) in [6.07, 6.45) is 6.33. The third-order valence-corrected chi connectivity index (χ3v) is 5.49. The quantitative estimate of drug-likeness (QED) is 0.726. The molecular weight excluding hydrogens is 334 g/mol. The van der Waals surface area contributed by atoms with Gasteiger partial charge in [-0.2, -0.15) is 0 Å². The fourth-order valence-corrected chi connectivity index (χ4v) is 4.10. The van der Waals surface area contributed by atoms with Crippen molar-refractivity contribution in [2.75, 3.05) is 0 Å². The van der Waals surface area contributed by atoms with Gasteiger partial charge in [-0.05, 0) is 48.1 Å². The highest BCUT2D eigenvalue weighted by Gasteiger charge is 2.36. The van der Waals surface area contributed by atoms with Gasteiger partial charge in [0.15, 0.2) is 0 Å². The van der Waals surface area contributed by atoms with Gasteiger partial charge in [0, 0.05) is 23.1 Å². The maximum Gasteiger partial charge on any atom is 0.0291 e. The Morgan fingerprint density at radius 3 is 2.45 bits per heavy atom. The van der Waals surface area contributed by atoms with E-state index in [1.807, 2.05) is 0 Å². The Balaban J connectivity index is 1.56. The fraction of sp³-hybridized carbons (Fsp3) is 0.300. The van der Waals surface area contributed by atoms with Crippen LogP contribution in [0, 0.1) is 0 Å². The number of rotatable bonds is 3. The number of benzene rings is 2. The molecule has 2 atom stereocenters. The van der Waals surface area contributed by atoms with E-state index in [0.717, 1.165) is 11.0 Å². The fourth-order valence-electron chi connectivity index (χ4n) is 3.84. The van der Waals surface area contributed by atoms with Gasteiger partial charge in [0.2, 0.25) is 0 Å². The van der Waals surface area contributed by atoms with Crippen molar-refractivity contribution in [2.45, 2.75) is 37.9 Å². The molecule has 2 aromatic rings. The van der Waals surface area contributed by atoms with Crippen molar-refractivity contribution in [2.24, 2.45) is 0 Å². The van der Waals surface area contributed by atoms with Crippen LogP contribution in [0.15, 0.2) is 65.1 Å². The topological polar surface area (TPSA) is 3.24 Å². The molecule has 1 fully saturated rings. The molecule has 0 spiro atoms. The number of nitrogens with zero attached hydrogens (tertiary/aromatic N) is 1. The van der Waals surface area contributed by atoms with E-state index in [2.05, 4.69) is 81.5 Å². The highest BCUT2D eigenvalue weighted by atomic mass is 79.9. The van der Waals surface area contributed by atoms with Crippen LogP contribution in [0.3, 0.4) is 0 Å². The minimum Gasteiger partial charge on any atom is -0.289 e. The van der Waals surface area contributed by atoms with E-state index in [-0.39, 0.29) is 0 Å². The van der Waals surface area contributed by atoms with E-state index in [4.69, 9.17) is 0 Å². The van der Waals surface area contributed by atoms with Gasteiger partial charge in [0.25, 0.3) is 0 Å². The predicted octanol–water partition coefficient (Wildman–Crippen LogP) is 5.27. The molecule has 0 aromatic heterocycles.